The molecule has 3 rings (SSSR count). The van der Waals surface area contributed by atoms with Gasteiger partial charge in [-0.25, -0.2) is 4.79 Å². The Bertz CT molecular complexity index is 758. The largest absolute Gasteiger partial charge is 0.484 e. The average molecular weight is 344 g/mol. The highest BCUT2D eigenvalue weighted by Gasteiger charge is 2.28. The molecule has 4 nitrogen and oxygen atoms in total. The summed E-state index contributed by atoms with van der Waals surface area (Å²) in [5.74, 6) is 0.781. The van der Waals surface area contributed by atoms with Crippen molar-refractivity contribution >= 4 is 17.7 Å². The summed E-state index contributed by atoms with van der Waals surface area (Å²) in [6, 6.07) is 13.3. The van der Waals surface area contributed by atoms with Crippen LogP contribution in [0.1, 0.15) is 22.8 Å². The molecule has 0 aliphatic carbocycles. The third-order valence-corrected chi connectivity index (χ3v) is 4.31. The molecule has 1 unspecified atom stereocenters. The number of nitrogens with zero attached hydrogens (tertiary/aromatic N) is 1. The first-order valence-electron chi connectivity index (χ1n) is 7.65. The number of halogens is 1. The molecule has 1 aliphatic heterocycles. The predicted molar refractivity (Wildman–Crippen MR) is 93.1 cm³/mol. The number of ether oxygens (including phenoxy) is 2. The maximum absolute atomic E-state index is 12.3. The molecule has 0 N–H and O–H groups in total. The van der Waals surface area contributed by atoms with E-state index >= 15 is 0 Å². The summed E-state index contributed by atoms with van der Waals surface area (Å²) >= 11 is 5.97. The van der Waals surface area contributed by atoms with E-state index in [-0.39, 0.29) is 6.10 Å². The Morgan fingerprint density at radius 2 is 2.08 bits per heavy atom. The first-order chi connectivity index (χ1) is 11.6. The smallest absolute Gasteiger partial charge is 0.415 e. The third-order valence-electron chi connectivity index (χ3n) is 4.06. The molecular weight excluding hydrogens is 326 g/mol. The van der Waals surface area contributed by atoms with Crippen molar-refractivity contribution in [1.29, 1.82) is 0 Å². The molecule has 0 saturated heterocycles. The van der Waals surface area contributed by atoms with Crippen LogP contribution in [0.3, 0.4) is 0 Å². The highest BCUT2D eigenvalue weighted by Crippen LogP contribution is 2.33. The summed E-state index contributed by atoms with van der Waals surface area (Å²) in [5, 5.41) is 0.659. The molecule has 0 radical (unpaired) electrons. The highest BCUT2D eigenvalue weighted by atomic mass is 35.5. The molecule has 0 bridgehead atoms. The molecule has 0 fully saturated rings. The van der Waals surface area contributed by atoms with Gasteiger partial charge in [-0.3, -0.25) is 4.90 Å². The number of rotatable bonds is 2. The predicted octanol–water partition coefficient (Wildman–Crippen LogP) is 4.86. The van der Waals surface area contributed by atoms with Crippen LogP contribution in [0.5, 0.6) is 5.75 Å². The van der Waals surface area contributed by atoms with E-state index in [1.807, 2.05) is 49.4 Å². The molecule has 2 aromatic carbocycles. The van der Waals surface area contributed by atoms with Gasteiger partial charge in [0.2, 0.25) is 0 Å². The summed E-state index contributed by atoms with van der Waals surface area (Å²) < 4.78 is 11.2. The van der Waals surface area contributed by atoms with Gasteiger partial charge in [0.15, 0.2) is 0 Å². The molecule has 0 spiro atoms. The van der Waals surface area contributed by atoms with Gasteiger partial charge in [0.1, 0.15) is 11.9 Å². The molecule has 124 valence electrons. The van der Waals surface area contributed by atoms with Crippen LogP contribution in [0.2, 0.25) is 5.02 Å². The molecule has 0 saturated carbocycles. The molecule has 5 heteroatoms. The van der Waals surface area contributed by atoms with Gasteiger partial charge in [0.25, 0.3) is 0 Å². The van der Waals surface area contributed by atoms with Crippen LogP contribution in [0.25, 0.3) is 0 Å². The van der Waals surface area contributed by atoms with Gasteiger partial charge in [-0.05, 0) is 36.2 Å². The van der Waals surface area contributed by atoms with Crippen molar-refractivity contribution < 1.29 is 14.3 Å². The lowest BCUT2D eigenvalue weighted by Crippen LogP contribution is -2.33. The van der Waals surface area contributed by atoms with Crippen molar-refractivity contribution in [2.24, 2.45) is 0 Å². The molecule has 1 heterocycles. The number of hydrogen-bond acceptors (Lipinski definition) is 3. The Morgan fingerprint density at radius 1 is 1.33 bits per heavy atom. The Kier molecular flexibility index (Phi) is 4.76. The lowest BCUT2D eigenvalue weighted by Gasteiger charge is -2.23. The molecule has 1 amide bonds. The normalized spacial score (nSPS) is 16.6. The van der Waals surface area contributed by atoms with Crippen molar-refractivity contribution in [2.75, 3.05) is 6.54 Å². The molecule has 1 aliphatic rings. The van der Waals surface area contributed by atoms with Crippen LogP contribution in [-0.2, 0) is 11.3 Å². The number of carbonyl (C=O) groups excluding carboxylic acids is 1. The van der Waals surface area contributed by atoms with Crippen LogP contribution >= 0.6 is 11.6 Å². The quantitative estimate of drug-likeness (QED) is 0.730. The van der Waals surface area contributed by atoms with Crippen LogP contribution in [0.4, 0.5) is 4.79 Å². The SMILES string of the molecule is C=COC(=O)N1Cc2c(C)cccc2OC(c2ccc(Cl)cc2)C1. The molecular formula is C19H18ClNO3. The van der Waals surface area contributed by atoms with Crippen LogP contribution in [0.15, 0.2) is 55.3 Å². The van der Waals surface area contributed by atoms with Crippen molar-refractivity contribution in [3.05, 3.63) is 77.0 Å². The first kappa shape index (κ1) is 16.4. The van der Waals surface area contributed by atoms with E-state index in [0.717, 1.165) is 28.7 Å². The number of amides is 1. The van der Waals surface area contributed by atoms with E-state index in [1.54, 1.807) is 4.90 Å². The summed E-state index contributed by atoms with van der Waals surface area (Å²) in [5.41, 5.74) is 3.00. The standard InChI is InChI=1S/C19H18ClNO3/c1-3-23-19(22)21-11-16-13(2)5-4-6-17(16)24-18(12-21)14-7-9-15(20)10-8-14/h3-10,18H,1,11-12H2,2H3. The summed E-state index contributed by atoms with van der Waals surface area (Å²) in [6.07, 6.45) is 0.399. The Labute approximate surface area is 146 Å². The van der Waals surface area contributed by atoms with E-state index < -0.39 is 6.09 Å². The number of aryl methyl sites for hydroxylation is 1. The number of carbonyl (C=O) groups is 1. The van der Waals surface area contributed by atoms with Crippen LogP contribution in [0, 0.1) is 6.92 Å². The average Bonchev–Trinajstić information content (AvgIpc) is 2.76. The lowest BCUT2D eigenvalue weighted by molar-refractivity contribution is 0.111. The minimum absolute atomic E-state index is 0.303. The minimum atomic E-state index is -0.441. The second-order valence-electron chi connectivity index (χ2n) is 5.64. The summed E-state index contributed by atoms with van der Waals surface area (Å²) in [4.78, 5) is 13.9. The molecule has 0 aromatic heterocycles. The maximum Gasteiger partial charge on any atom is 0.415 e. The topological polar surface area (TPSA) is 38.8 Å². The van der Waals surface area contributed by atoms with Gasteiger partial charge in [0, 0.05) is 10.6 Å². The number of hydrogen-bond donors (Lipinski definition) is 0. The zero-order chi connectivity index (χ0) is 17.1. The van der Waals surface area contributed by atoms with Gasteiger partial charge in [-0.1, -0.05) is 42.4 Å². The number of fused-ring (bicyclic) bond motifs is 1. The monoisotopic (exact) mass is 343 g/mol. The van der Waals surface area contributed by atoms with Crippen molar-refractivity contribution in [2.45, 2.75) is 19.6 Å². The molecule has 2 aromatic rings. The summed E-state index contributed by atoms with van der Waals surface area (Å²) in [6.45, 7) is 6.26. The van der Waals surface area contributed by atoms with E-state index in [9.17, 15) is 4.79 Å². The second kappa shape index (κ2) is 6.97. The van der Waals surface area contributed by atoms with E-state index in [2.05, 4.69) is 6.58 Å². The van der Waals surface area contributed by atoms with Crippen molar-refractivity contribution in [3.63, 3.8) is 0 Å². The van der Waals surface area contributed by atoms with E-state index in [1.165, 1.54) is 0 Å². The van der Waals surface area contributed by atoms with Gasteiger partial charge in [0.05, 0.1) is 19.4 Å². The van der Waals surface area contributed by atoms with Gasteiger partial charge in [-0.15, -0.1) is 0 Å². The fourth-order valence-electron chi connectivity index (χ4n) is 2.77. The third kappa shape index (κ3) is 3.39. The minimum Gasteiger partial charge on any atom is -0.484 e. The van der Waals surface area contributed by atoms with Crippen LogP contribution < -0.4 is 4.74 Å². The zero-order valence-electron chi connectivity index (χ0n) is 13.4. The van der Waals surface area contributed by atoms with Crippen molar-refractivity contribution in [3.8, 4) is 5.75 Å². The molecule has 1 atom stereocenters. The Balaban J connectivity index is 1.99. The summed E-state index contributed by atoms with van der Waals surface area (Å²) in [7, 11) is 0. The second-order valence-corrected chi connectivity index (χ2v) is 6.08. The maximum atomic E-state index is 12.3. The number of benzene rings is 2. The fraction of sp³-hybridized carbons (Fsp3) is 0.211. The van der Waals surface area contributed by atoms with E-state index in [0.29, 0.717) is 18.1 Å². The van der Waals surface area contributed by atoms with Gasteiger partial charge >= 0.3 is 6.09 Å². The Hall–Kier alpha value is -2.46. The van der Waals surface area contributed by atoms with Crippen molar-refractivity contribution in [1.82, 2.24) is 4.90 Å². The zero-order valence-corrected chi connectivity index (χ0v) is 14.1. The fourth-order valence-corrected chi connectivity index (χ4v) is 2.90. The van der Waals surface area contributed by atoms with Crippen LogP contribution in [-0.4, -0.2) is 17.5 Å². The van der Waals surface area contributed by atoms with Gasteiger partial charge < -0.3 is 9.47 Å². The van der Waals surface area contributed by atoms with Gasteiger partial charge in [-0.2, -0.15) is 0 Å². The van der Waals surface area contributed by atoms with E-state index in [4.69, 9.17) is 21.1 Å². The first-order valence-corrected chi connectivity index (χ1v) is 8.03. The Morgan fingerprint density at radius 3 is 2.79 bits per heavy atom. The lowest BCUT2D eigenvalue weighted by atomic mass is 10.1. The highest BCUT2D eigenvalue weighted by molar-refractivity contribution is 6.30. The molecule has 24 heavy (non-hydrogen) atoms.